The third-order valence-corrected chi connectivity index (χ3v) is 5.28. The van der Waals surface area contributed by atoms with Crippen LogP contribution in [0.25, 0.3) is 0 Å². The van der Waals surface area contributed by atoms with Gasteiger partial charge < -0.3 is 9.55 Å². The minimum absolute atomic E-state index is 0.0941. The van der Waals surface area contributed by atoms with Gasteiger partial charge in [-0.3, -0.25) is 9.36 Å². The van der Waals surface area contributed by atoms with Crippen LogP contribution in [0.2, 0.25) is 0 Å². The van der Waals surface area contributed by atoms with Crippen LogP contribution in [0.5, 0.6) is 0 Å². The summed E-state index contributed by atoms with van der Waals surface area (Å²) in [7, 11) is 0. The number of H-pyrrole nitrogens is 1. The molecule has 0 saturated heterocycles. The third kappa shape index (κ3) is 3.07. The number of nitrogens with one attached hydrogen (secondary N) is 1. The first kappa shape index (κ1) is 18.6. The van der Waals surface area contributed by atoms with Gasteiger partial charge in [-0.15, -0.1) is 0 Å². The Morgan fingerprint density at radius 1 is 1.25 bits per heavy atom. The lowest BCUT2D eigenvalue weighted by Crippen LogP contribution is -2.11. The molecule has 1 aliphatic heterocycles. The first-order valence-corrected chi connectivity index (χ1v) is 8.92. The number of nitrogens with zero attached hydrogens (tertiary/aromatic N) is 3. The van der Waals surface area contributed by atoms with Crippen LogP contribution in [-0.2, 0) is 19.4 Å². The smallest absolute Gasteiger partial charge is 0.232 e. The molecule has 0 radical (unpaired) electrons. The van der Waals surface area contributed by atoms with E-state index in [1.165, 1.54) is 23.3 Å². The number of hydrogen-bond donors (Lipinski definition) is 1. The molecule has 0 bridgehead atoms. The van der Waals surface area contributed by atoms with E-state index in [-0.39, 0.29) is 31.4 Å². The number of aryl methyl sites for hydroxylation is 1. The van der Waals surface area contributed by atoms with E-state index in [0.717, 1.165) is 0 Å². The summed E-state index contributed by atoms with van der Waals surface area (Å²) >= 11 is 5.25. The molecular formula is C18H14F4N4OS. The van der Waals surface area contributed by atoms with Crippen molar-refractivity contribution >= 4 is 18.1 Å². The van der Waals surface area contributed by atoms with Gasteiger partial charge in [0.05, 0.1) is 0 Å². The molecule has 0 aliphatic carbocycles. The maximum absolute atomic E-state index is 14.2. The number of rotatable bonds is 4. The molecule has 10 heteroatoms. The quantitative estimate of drug-likeness (QED) is 0.403. The van der Waals surface area contributed by atoms with Crippen molar-refractivity contribution in [2.75, 3.05) is 0 Å². The van der Waals surface area contributed by atoms with Crippen LogP contribution < -0.4 is 0 Å². The maximum Gasteiger partial charge on any atom is 0.232 e. The van der Waals surface area contributed by atoms with Crippen LogP contribution in [0.3, 0.4) is 0 Å². The van der Waals surface area contributed by atoms with E-state index < -0.39 is 34.8 Å². The van der Waals surface area contributed by atoms with Gasteiger partial charge in [-0.2, -0.15) is 0 Å². The van der Waals surface area contributed by atoms with Gasteiger partial charge >= 0.3 is 0 Å². The number of hydrogen-bond acceptors (Lipinski definition) is 3. The minimum Gasteiger partial charge on any atom is -0.334 e. The van der Waals surface area contributed by atoms with Crippen molar-refractivity contribution < 1.29 is 22.4 Å². The molecule has 5 nitrogen and oxygen atoms in total. The molecule has 3 aromatic rings. The van der Waals surface area contributed by atoms with Gasteiger partial charge in [0, 0.05) is 54.3 Å². The Morgan fingerprint density at radius 2 is 1.96 bits per heavy atom. The summed E-state index contributed by atoms with van der Waals surface area (Å²) in [5, 5.41) is 0. The molecule has 1 aliphatic rings. The van der Waals surface area contributed by atoms with Crippen LogP contribution in [0.15, 0.2) is 24.8 Å². The average molecular weight is 410 g/mol. The number of aromatic nitrogens is 4. The SMILES string of the molecule is O=C(CCc1[nH]c(=S)n2c1CC(c1c(F)c(F)cc(F)c1F)C2)n1ccnc1. The van der Waals surface area contributed by atoms with E-state index in [1.54, 1.807) is 4.57 Å². The lowest BCUT2D eigenvalue weighted by molar-refractivity contribution is 0.0902. The summed E-state index contributed by atoms with van der Waals surface area (Å²) in [6.45, 7) is 0.0941. The summed E-state index contributed by atoms with van der Waals surface area (Å²) in [4.78, 5) is 19.0. The van der Waals surface area contributed by atoms with Crippen LogP contribution in [-0.4, -0.2) is 25.0 Å². The number of fused-ring (bicyclic) bond motifs is 1. The second-order valence-electron chi connectivity index (χ2n) is 6.61. The Hall–Kier alpha value is -2.75. The fourth-order valence-corrected chi connectivity index (χ4v) is 3.92. The Bertz CT molecular complexity index is 1090. The van der Waals surface area contributed by atoms with Crippen molar-refractivity contribution in [2.24, 2.45) is 0 Å². The topological polar surface area (TPSA) is 55.6 Å². The fraction of sp³-hybridized carbons (Fsp3) is 0.278. The van der Waals surface area contributed by atoms with Gasteiger partial charge in [-0.1, -0.05) is 0 Å². The number of halogens is 4. The Labute approximate surface area is 161 Å². The molecule has 28 heavy (non-hydrogen) atoms. The van der Waals surface area contributed by atoms with E-state index in [2.05, 4.69) is 9.97 Å². The normalized spacial score (nSPS) is 15.8. The predicted octanol–water partition coefficient (Wildman–Crippen LogP) is 3.91. The second-order valence-corrected chi connectivity index (χ2v) is 7.00. The van der Waals surface area contributed by atoms with Crippen molar-refractivity contribution in [3.63, 3.8) is 0 Å². The standard InChI is InChI=1S/C18H14F4N4OS/c19-10-6-11(20)17(22)15(16(10)21)9-5-13-12(24-18(28)26(13)7-9)1-2-14(27)25-4-3-23-8-25/h3-4,6,8-9H,1-2,5,7H2,(H,24,28). The summed E-state index contributed by atoms with van der Waals surface area (Å²) < 4.78 is 58.8. The van der Waals surface area contributed by atoms with Gasteiger partial charge in [0.15, 0.2) is 28.0 Å². The summed E-state index contributed by atoms with van der Waals surface area (Å²) in [5.74, 6) is -6.60. The van der Waals surface area contributed by atoms with Gasteiger partial charge in [0.2, 0.25) is 5.91 Å². The van der Waals surface area contributed by atoms with E-state index >= 15 is 0 Å². The highest BCUT2D eigenvalue weighted by atomic mass is 32.1. The highest BCUT2D eigenvalue weighted by Crippen LogP contribution is 2.36. The molecule has 146 valence electrons. The first-order chi connectivity index (χ1) is 13.4. The molecule has 0 saturated carbocycles. The van der Waals surface area contributed by atoms with Gasteiger partial charge in [0.25, 0.3) is 0 Å². The molecular weight excluding hydrogens is 396 g/mol. The molecule has 0 fully saturated rings. The molecule has 3 heterocycles. The van der Waals surface area contributed by atoms with E-state index in [0.29, 0.717) is 22.6 Å². The van der Waals surface area contributed by atoms with Crippen LogP contribution in [0, 0.1) is 28.0 Å². The molecule has 1 N–H and O–H groups in total. The molecule has 1 aromatic carbocycles. The zero-order valence-corrected chi connectivity index (χ0v) is 15.2. The van der Waals surface area contributed by atoms with Crippen molar-refractivity contribution in [1.29, 1.82) is 0 Å². The molecule has 0 amide bonds. The molecule has 4 rings (SSSR count). The zero-order chi connectivity index (χ0) is 20.0. The van der Waals surface area contributed by atoms with Crippen molar-refractivity contribution in [2.45, 2.75) is 31.7 Å². The average Bonchev–Trinajstić information content (AvgIpc) is 3.37. The monoisotopic (exact) mass is 410 g/mol. The number of carbonyl (C=O) groups excluding carboxylic acids is 1. The number of carbonyl (C=O) groups is 1. The van der Waals surface area contributed by atoms with E-state index in [4.69, 9.17) is 12.2 Å². The van der Waals surface area contributed by atoms with Crippen molar-refractivity contribution in [1.82, 2.24) is 19.1 Å². The lowest BCUT2D eigenvalue weighted by Gasteiger charge is -2.13. The van der Waals surface area contributed by atoms with Gasteiger partial charge in [-0.05, 0) is 25.1 Å². The third-order valence-electron chi connectivity index (χ3n) is 4.96. The van der Waals surface area contributed by atoms with Gasteiger partial charge in [0.1, 0.15) is 6.33 Å². The minimum atomic E-state index is -1.43. The van der Waals surface area contributed by atoms with Crippen LogP contribution in [0.1, 0.15) is 34.1 Å². The summed E-state index contributed by atoms with van der Waals surface area (Å²) in [5.41, 5.74) is 0.728. The fourth-order valence-electron chi connectivity index (χ4n) is 3.62. The van der Waals surface area contributed by atoms with Crippen LogP contribution >= 0.6 is 12.2 Å². The summed E-state index contributed by atoms with van der Waals surface area (Å²) in [6.07, 6.45) is 5.08. The van der Waals surface area contributed by atoms with E-state index in [9.17, 15) is 22.4 Å². The predicted molar refractivity (Wildman–Crippen MR) is 93.5 cm³/mol. The second kappa shape index (κ2) is 7.01. The van der Waals surface area contributed by atoms with Crippen molar-refractivity contribution in [3.8, 4) is 0 Å². The lowest BCUT2D eigenvalue weighted by atomic mass is 9.94. The first-order valence-electron chi connectivity index (χ1n) is 8.51. The number of aromatic amines is 1. The van der Waals surface area contributed by atoms with Crippen molar-refractivity contribution in [3.05, 3.63) is 69.8 Å². The molecule has 0 spiro atoms. The summed E-state index contributed by atoms with van der Waals surface area (Å²) in [6, 6.07) is 0.197. The maximum atomic E-state index is 14.2. The van der Waals surface area contributed by atoms with Gasteiger partial charge in [-0.25, -0.2) is 22.5 Å². The molecule has 2 aromatic heterocycles. The largest absolute Gasteiger partial charge is 0.334 e. The highest BCUT2D eigenvalue weighted by Gasteiger charge is 2.33. The Morgan fingerprint density at radius 3 is 2.61 bits per heavy atom. The number of imidazole rings is 2. The highest BCUT2D eigenvalue weighted by molar-refractivity contribution is 7.71. The molecule has 1 atom stereocenters. The Balaban J connectivity index is 1.59. The van der Waals surface area contributed by atoms with E-state index in [1.807, 2.05) is 0 Å². The Kier molecular flexibility index (Phi) is 4.66. The number of benzene rings is 1. The van der Waals surface area contributed by atoms with Crippen LogP contribution in [0.4, 0.5) is 17.6 Å². The molecule has 1 unspecified atom stereocenters. The zero-order valence-electron chi connectivity index (χ0n) is 14.4.